The molecule has 0 radical (unpaired) electrons. The van der Waals surface area contributed by atoms with Gasteiger partial charge in [0.25, 0.3) is 0 Å². The van der Waals surface area contributed by atoms with Gasteiger partial charge in [-0.25, -0.2) is 4.79 Å². The molecule has 202 valence electrons. The smallest absolute Gasteiger partial charge is 0.326 e. The third kappa shape index (κ3) is 8.17. The molecule has 0 bridgehead atoms. The molecule has 3 atom stereocenters. The third-order valence-corrected chi connectivity index (χ3v) is 6.13. The maximum absolute atomic E-state index is 13.3. The Kier molecular flexibility index (Phi) is 10.0. The van der Waals surface area contributed by atoms with Crippen molar-refractivity contribution >= 4 is 34.6 Å². The van der Waals surface area contributed by atoms with E-state index < -0.39 is 41.8 Å². The van der Waals surface area contributed by atoms with Crippen LogP contribution in [0.5, 0.6) is 0 Å². The van der Waals surface area contributed by atoms with Crippen LogP contribution in [0.1, 0.15) is 31.4 Å². The van der Waals surface area contributed by atoms with Gasteiger partial charge < -0.3 is 31.8 Å². The molecule has 0 aliphatic rings. The minimum Gasteiger partial charge on any atom is -0.480 e. The molecule has 0 spiro atoms. The second kappa shape index (κ2) is 13.4. The summed E-state index contributed by atoms with van der Waals surface area (Å²) in [7, 11) is 0. The van der Waals surface area contributed by atoms with Gasteiger partial charge in [0.15, 0.2) is 0 Å². The van der Waals surface area contributed by atoms with Gasteiger partial charge >= 0.3 is 5.97 Å². The summed E-state index contributed by atoms with van der Waals surface area (Å²) >= 11 is 0. The van der Waals surface area contributed by atoms with Crippen LogP contribution in [0.15, 0.2) is 60.8 Å². The summed E-state index contributed by atoms with van der Waals surface area (Å²) in [5, 5.41) is 18.4. The molecule has 7 N–H and O–H groups in total. The first-order chi connectivity index (χ1) is 18.1. The molecule has 3 unspecified atom stereocenters. The lowest BCUT2D eigenvalue weighted by atomic mass is 10.0. The van der Waals surface area contributed by atoms with Crippen LogP contribution in [-0.4, -0.2) is 58.5 Å². The summed E-state index contributed by atoms with van der Waals surface area (Å²) in [6.07, 6.45) is 2.39. The van der Waals surface area contributed by atoms with Crippen LogP contribution < -0.4 is 21.7 Å². The molecule has 0 saturated heterocycles. The third-order valence-electron chi connectivity index (χ3n) is 6.13. The van der Waals surface area contributed by atoms with Crippen LogP contribution in [0.25, 0.3) is 10.9 Å². The SMILES string of the molecule is CC(C)CC(N)C(=O)NCC(=O)NC(Cc1ccccc1)C(=O)NC(Cc1c[nH]c2ccccc12)C(=O)O. The number of carbonyl (C=O) groups excluding carboxylic acids is 3. The number of benzene rings is 2. The lowest BCUT2D eigenvalue weighted by molar-refractivity contribution is -0.142. The van der Waals surface area contributed by atoms with Gasteiger partial charge in [0.1, 0.15) is 12.1 Å². The topological polar surface area (TPSA) is 166 Å². The Labute approximate surface area is 221 Å². The fourth-order valence-electron chi connectivity index (χ4n) is 4.21. The summed E-state index contributed by atoms with van der Waals surface area (Å²) < 4.78 is 0. The van der Waals surface area contributed by atoms with Crippen molar-refractivity contribution in [1.29, 1.82) is 0 Å². The zero-order valence-electron chi connectivity index (χ0n) is 21.6. The number of hydrogen-bond donors (Lipinski definition) is 6. The van der Waals surface area contributed by atoms with Crippen molar-refractivity contribution in [2.45, 2.75) is 51.2 Å². The molecule has 0 aliphatic heterocycles. The van der Waals surface area contributed by atoms with E-state index in [1.54, 1.807) is 30.5 Å². The Morgan fingerprint density at radius 1 is 0.895 bits per heavy atom. The van der Waals surface area contributed by atoms with Crippen LogP contribution in [-0.2, 0) is 32.0 Å². The van der Waals surface area contributed by atoms with Gasteiger partial charge in [0.2, 0.25) is 17.7 Å². The largest absolute Gasteiger partial charge is 0.480 e. The number of rotatable bonds is 13. The molecule has 0 fully saturated rings. The fourth-order valence-corrected chi connectivity index (χ4v) is 4.21. The number of nitrogens with one attached hydrogen (secondary N) is 4. The zero-order valence-corrected chi connectivity index (χ0v) is 21.6. The minimum absolute atomic E-state index is 0.0564. The summed E-state index contributed by atoms with van der Waals surface area (Å²) in [6.45, 7) is 3.52. The van der Waals surface area contributed by atoms with Gasteiger partial charge in [-0.1, -0.05) is 62.4 Å². The van der Waals surface area contributed by atoms with Gasteiger partial charge in [-0.05, 0) is 29.5 Å². The standard InChI is InChI=1S/C28H35N5O5/c1-17(2)12-21(29)26(35)31-16-25(34)32-23(13-18-8-4-3-5-9-18)27(36)33-24(28(37)38)14-19-15-30-22-11-7-6-10-20(19)22/h3-11,15,17,21,23-24,30H,12-14,16,29H2,1-2H3,(H,31,35)(H,32,34)(H,33,36)(H,37,38). The minimum atomic E-state index is -1.22. The van der Waals surface area contributed by atoms with Crippen LogP contribution >= 0.6 is 0 Å². The molecule has 2 aromatic carbocycles. The Morgan fingerprint density at radius 2 is 1.58 bits per heavy atom. The van der Waals surface area contributed by atoms with Crippen molar-refractivity contribution in [3.63, 3.8) is 0 Å². The summed E-state index contributed by atoms with van der Waals surface area (Å²) in [5.41, 5.74) is 8.25. The van der Waals surface area contributed by atoms with Crippen molar-refractivity contribution < 1.29 is 24.3 Å². The van der Waals surface area contributed by atoms with Gasteiger partial charge in [0, 0.05) is 29.9 Å². The van der Waals surface area contributed by atoms with E-state index in [1.165, 1.54) is 0 Å². The summed E-state index contributed by atoms with van der Waals surface area (Å²) in [6, 6.07) is 13.5. The van der Waals surface area contributed by atoms with E-state index in [9.17, 15) is 24.3 Å². The number of carbonyl (C=O) groups is 4. The zero-order chi connectivity index (χ0) is 27.7. The molecule has 38 heavy (non-hydrogen) atoms. The van der Waals surface area contributed by atoms with Gasteiger partial charge in [-0.3, -0.25) is 14.4 Å². The van der Waals surface area contributed by atoms with E-state index in [0.29, 0.717) is 6.42 Å². The molecule has 1 heterocycles. The van der Waals surface area contributed by atoms with E-state index in [0.717, 1.165) is 22.0 Å². The quantitative estimate of drug-likeness (QED) is 0.199. The fraction of sp³-hybridized carbons (Fsp3) is 0.357. The van der Waals surface area contributed by atoms with Crippen LogP contribution in [0.4, 0.5) is 0 Å². The number of amides is 3. The summed E-state index contributed by atoms with van der Waals surface area (Å²) in [5.74, 6) is -2.66. The Morgan fingerprint density at radius 3 is 2.26 bits per heavy atom. The second-order valence-electron chi connectivity index (χ2n) is 9.73. The number of aromatic amines is 1. The maximum atomic E-state index is 13.3. The molecule has 3 aromatic rings. The van der Waals surface area contributed by atoms with Gasteiger partial charge in [-0.15, -0.1) is 0 Å². The van der Waals surface area contributed by atoms with Crippen LogP contribution in [0.2, 0.25) is 0 Å². The molecule has 0 aliphatic carbocycles. The lowest BCUT2D eigenvalue weighted by Gasteiger charge is -2.22. The summed E-state index contributed by atoms with van der Waals surface area (Å²) in [4.78, 5) is 53.3. The number of carboxylic acid groups (broad SMARTS) is 1. The van der Waals surface area contributed by atoms with E-state index >= 15 is 0 Å². The first kappa shape index (κ1) is 28.4. The molecule has 3 rings (SSSR count). The highest BCUT2D eigenvalue weighted by molar-refractivity contribution is 5.93. The normalized spacial score (nSPS) is 13.5. The lowest BCUT2D eigenvalue weighted by Crippen LogP contribution is -2.54. The number of nitrogens with two attached hydrogens (primary N) is 1. The number of aromatic nitrogens is 1. The van der Waals surface area contributed by atoms with E-state index in [-0.39, 0.29) is 25.3 Å². The second-order valence-corrected chi connectivity index (χ2v) is 9.73. The maximum Gasteiger partial charge on any atom is 0.326 e. The number of hydrogen-bond acceptors (Lipinski definition) is 5. The van der Waals surface area contributed by atoms with Gasteiger partial charge in [0.05, 0.1) is 12.6 Å². The highest BCUT2D eigenvalue weighted by atomic mass is 16.4. The van der Waals surface area contributed by atoms with E-state index in [4.69, 9.17) is 5.73 Å². The number of aliphatic carboxylic acids is 1. The first-order valence-electron chi connectivity index (χ1n) is 12.6. The molecule has 0 saturated carbocycles. The predicted octanol–water partition coefficient (Wildman–Crippen LogP) is 1.50. The number of para-hydroxylation sites is 1. The average molecular weight is 522 g/mol. The molecule has 1 aromatic heterocycles. The highest BCUT2D eigenvalue weighted by Gasteiger charge is 2.28. The molecule has 10 nitrogen and oxygen atoms in total. The van der Waals surface area contributed by atoms with Crippen molar-refractivity contribution in [2.24, 2.45) is 11.7 Å². The first-order valence-corrected chi connectivity index (χ1v) is 12.6. The Hall–Kier alpha value is -4.18. The Balaban J connectivity index is 1.69. The van der Waals surface area contributed by atoms with Crippen molar-refractivity contribution in [3.05, 3.63) is 71.9 Å². The number of carboxylic acids is 1. The average Bonchev–Trinajstić information content (AvgIpc) is 3.29. The predicted molar refractivity (Wildman–Crippen MR) is 144 cm³/mol. The number of fused-ring (bicyclic) bond motifs is 1. The Bertz CT molecular complexity index is 1260. The molecule has 3 amide bonds. The van der Waals surface area contributed by atoms with Crippen LogP contribution in [0.3, 0.4) is 0 Å². The van der Waals surface area contributed by atoms with Crippen molar-refractivity contribution in [1.82, 2.24) is 20.9 Å². The molecule has 10 heteroatoms. The van der Waals surface area contributed by atoms with E-state index in [2.05, 4.69) is 20.9 Å². The van der Waals surface area contributed by atoms with Crippen molar-refractivity contribution in [3.8, 4) is 0 Å². The molecular formula is C28H35N5O5. The van der Waals surface area contributed by atoms with Gasteiger partial charge in [-0.2, -0.15) is 0 Å². The van der Waals surface area contributed by atoms with E-state index in [1.807, 2.05) is 44.2 Å². The monoisotopic (exact) mass is 521 g/mol. The van der Waals surface area contributed by atoms with Crippen molar-refractivity contribution in [2.75, 3.05) is 6.54 Å². The number of H-pyrrole nitrogens is 1. The molecular weight excluding hydrogens is 486 g/mol. The van der Waals surface area contributed by atoms with Crippen LogP contribution in [0, 0.1) is 5.92 Å². The highest BCUT2D eigenvalue weighted by Crippen LogP contribution is 2.19.